The van der Waals surface area contributed by atoms with E-state index in [2.05, 4.69) is 65.6 Å². The van der Waals surface area contributed by atoms with Crippen molar-refractivity contribution in [1.82, 2.24) is 0 Å². The van der Waals surface area contributed by atoms with Crippen molar-refractivity contribution in [3.63, 3.8) is 0 Å². The lowest BCUT2D eigenvalue weighted by molar-refractivity contribution is 0.271. The molecule has 2 nitrogen and oxygen atoms in total. The van der Waals surface area contributed by atoms with Gasteiger partial charge in [-0.15, -0.1) is 12.4 Å². The van der Waals surface area contributed by atoms with Crippen LogP contribution in [0.15, 0.2) is 60.7 Å². The summed E-state index contributed by atoms with van der Waals surface area (Å²) in [5.41, 5.74) is 2.76. The summed E-state index contributed by atoms with van der Waals surface area (Å²) in [4.78, 5) is 2.55. The van der Waals surface area contributed by atoms with Crippen LogP contribution in [0.4, 0.5) is 5.69 Å². The van der Waals surface area contributed by atoms with E-state index in [1.54, 1.807) is 0 Å². The maximum atomic E-state index is 9.17. The Morgan fingerprint density at radius 2 is 1.57 bits per heavy atom. The largest absolute Gasteiger partial charge is 0.396 e. The first-order valence-corrected chi connectivity index (χ1v) is 8.36. The number of aliphatic hydroxyl groups excluding tert-OH is 1. The molecule has 0 bridgehead atoms. The summed E-state index contributed by atoms with van der Waals surface area (Å²) in [6.07, 6.45) is 4.41. The Kier molecular flexibility index (Phi) is 6.94. The minimum Gasteiger partial charge on any atom is -0.396 e. The van der Waals surface area contributed by atoms with E-state index in [-0.39, 0.29) is 12.4 Å². The molecule has 3 heteroatoms. The van der Waals surface area contributed by atoms with Crippen molar-refractivity contribution >= 4 is 18.1 Å². The number of para-hydroxylation sites is 1. The molecular weight excluding hydrogens is 306 g/mol. The van der Waals surface area contributed by atoms with E-state index in [1.807, 2.05) is 0 Å². The van der Waals surface area contributed by atoms with Gasteiger partial charge in [-0.3, -0.25) is 0 Å². The van der Waals surface area contributed by atoms with Crippen LogP contribution in [-0.2, 0) is 0 Å². The molecule has 1 aliphatic rings. The molecule has 1 saturated heterocycles. The molecule has 1 N–H and O–H groups in total. The molecule has 2 aromatic carbocycles. The van der Waals surface area contributed by atoms with E-state index in [1.165, 1.54) is 24.1 Å². The molecule has 0 spiro atoms. The molecule has 0 saturated carbocycles. The number of hydrogen-bond acceptors (Lipinski definition) is 2. The van der Waals surface area contributed by atoms with Crippen LogP contribution in [-0.4, -0.2) is 24.3 Å². The highest BCUT2D eigenvalue weighted by molar-refractivity contribution is 5.85. The Morgan fingerprint density at radius 3 is 2.22 bits per heavy atom. The molecule has 1 aliphatic heterocycles. The summed E-state index contributed by atoms with van der Waals surface area (Å²) in [6, 6.07) is 22.1. The van der Waals surface area contributed by atoms with E-state index in [0.717, 1.165) is 19.4 Å². The van der Waals surface area contributed by atoms with Crippen molar-refractivity contribution < 1.29 is 5.11 Å². The fourth-order valence-corrected chi connectivity index (χ4v) is 3.59. The van der Waals surface area contributed by atoms with Crippen LogP contribution < -0.4 is 4.90 Å². The van der Waals surface area contributed by atoms with Gasteiger partial charge in [-0.1, -0.05) is 48.5 Å². The zero-order valence-electron chi connectivity index (χ0n) is 13.5. The maximum Gasteiger partial charge on any atom is 0.0431 e. The van der Waals surface area contributed by atoms with Gasteiger partial charge in [0, 0.05) is 30.8 Å². The molecule has 1 heterocycles. The lowest BCUT2D eigenvalue weighted by Crippen LogP contribution is -2.42. The quantitative estimate of drug-likeness (QED) is 0.863. The predicted octanol–water partition coefficient (Wildman–Crippen LogP) is 4.63. The number of benzene rings is 2. The Hall–Kier alpha value is -1.51. The molecule has 3 rings (SSSR count). The van der Waals surface area contributed by atoms with Crippen molar-refractivity contribution in [3.05, 3.63) is 66.2 Å². The Bertz CT molecular complexity index is 560. The average Bonchev–Trinajstić information content (AvgIpc) is 2.61. The van der Waals surface area contributed by atoms with Crippen molar-refractivity contribution in [3.8, 4) is 0 Å². The van der Waals surface area contributed by atoms with Crippen LogP contribution in [0.3, 0.4) is 0 Å². The average molecular weight is 332 g/mol. The van der Waals surface area contributed by atoms with Crippen molar-refractivity contribution in [2.45, 2.75) is 37.6 Å². The van der Waals surface area contributed by atoms with Crippen molar-refractivity contribution in [2.24, 2.45) is 0 Å². The predicted molar refractivity (Wildman–Crippen MR) is 99.6 cm³/mol. The Balaban J connectivity index is 0.00000192. The topological polar surface area (TPSA) is 23.5 Å². The second-order valence-electron chi connectivity index (χ2n) is 6.19. The van der Waals surface area contributed by atoms with Crippen LogP contribution in [0.25, 0.3) is 0 Å². The van der Waals surface area contributed by atoms with Gasteiger partial charge in [-0.25, -0.2) is 0 Å². The molecule has 1 fully saturated rings. The number of piperidine rings is 1. The van der Waals surface area contributed by atoms with Crippen molar-refractivity contribution in [2.75, 3.05) is 18.1 Å². The molecule has 2 unspecified atom stereocenters. The summed E-state index contributed by atoms with van der Waals surface area (Å²) in [5.74, 6) is 0.604. The molecule has 124 valence electrons. The van der Waals surface area contributed by atoms with Gasteiger partial charge < -0.3 is 10.0 Å². The van der Waals surface area contributed by atoms with Gasteiger partial charge in [-0.2, -0.15) is 0 Å². The second-order valence-corrected chi connectivity index (χ2v) is 6.19. The highest BCUT2D eigenvalue weighted by atomic mass is 35.5. The van der Waals surface area contributed by atoms with Crippen molar-refractivity contribution in [1.29, 1.82) is 0 Å². The zero-order valence-corrected chi connectivity index (χ0v) is 14.3. The molecular formula is C20H26ClNO. The molecule has 0 aliphatic carbocycles. The van der Waals surface area contributed by atoms with E-state index in [9.17, 15) is 0 Å². The number of hydrogen-bond donors (Lipinski definition) is 1. The highest BCUT2D eigenvalue weighted by Crippen LogP contribution is 2.34. The van der Waals surface area contributed by atoms with Crippen LogP contribution in [0.2, 0.25) is 0 Å². The third-order valence-electron chi connectivity index (χ3n) is 4.76. The van der Waals surface area contributed by atoms with Gasteiger partial charge in [0.1, 0.15) is 0 Å². The fourth-order valence-electron chi connectivity index (χ4n) is 3.59. The minimum atomic E-state index is 0. The van der Waals surface area contributed by atoms with Gasteiger partial charge in [0.05, 0.1) is 0 Å². The Morgan fingerprint density at radius 1 is 0.913 bits per heavy atom. The maximum absolute atomic E-state index is 9.17. The van der Waals surface area contributed by atoms with Crippen LogP contribution in [0, 0.1) is 0 Å². The molecule has 0 aromatic heterocycles. The first-order valence-electron chi connectivity index (χ1n) is 8.36. The summed E-state index contributed by atoms with van der Waals surface area (Å²) >= 11 is 0. The molecule has 23 heavy (non-hydrogen) atoms. The van der Waals surface area contributed by atoms with E-state index < -0.39 is 0 Å². The van der Waals surface area contributed by atoms with Crippen LogP contribution in [0.1, 0.15) is 37.2 Å². The highest BCUT2D eigenvalue weighted by Gasteiger charge is 2.28. The zero-order chi connectivity index (χ0) is 15.2. The summed E-state index contributed by atoms with van der Waals surface area (Å²) in [6.45, 7) is 1.37. The van der Waals surface area contributed by atoms with Gasteiger partial charge in [-0.05, 0) is 43.4 Å². The Labute approximate surface area is 145 Å². The molecule has 2 aromatic rings. The first-order chi connectivity index (χ1) is 10.9. The van der Waals surface area contributed by atoms with Gasteiger partial charge in [0.2, 0.25) is 0 Å². The monoisotopic (exact) mass is 331 g/mol. The molecule has 2 atom stereocenters. The van der Waals surface area contributed by atoms with Gasteiger partial charge >= 0.3 is 0 Å². The third-order valence-corrected chi connectivity index (χ3v) is 4.76. The van der Waals surface area contributed by atoms with E-state index >= 15 is 0 Å². The van der Waals surface area contributed by atoms with E-state index in [4.69, 9.17) is 5.11 Å². The summed E-state index contributed by atoms with van der Waals surface area (Å²) in [7, 11) is 0. The number of anilines is 1. The van der Waals surface area contributed by atoms with Crippen LogP contribution >= 0.6 is 12.4 Å². The summed E-state index contributed by atoms with van der Waals surface area (Å²) < 4.78 is 0. The number of rotatable bonds is 5. The minimum absolute atomic E-state index is 0. The first kappa shape index (κ1) is 17.8. The summed E-state index contributed by atoms with van der Waals surface area (Å²) in [5, 5.41) is 9.17. The van der Waals surface area contributed by atoms with E-state index in [0.29, 0.717) is 18.6 Å². The lowest BCUT2D eigenvalue weighted by Gasteiger charge is -2.41. The van der Waals surface area contributed by atoms with Gasteiger partial charge in [0.15, 0.2) is 0 Å². The van der Waals surface area contributed by atoms with Gasteiger partial charge in [0.25, 0.3) is 0 Å². The molecule has 0 amide bonds. The normalized spacial score (nSPS) is 20.8. The smallest absolute Gasteiger partial charge is 0.0431 e. The third kappa shape index (κ3) is 4.49. The molecule has 0 radical (unpaired) electrons. The standard InChI is InChI=1S/C20H25NO.ClH/c22-15-7-12-20-14-13-18(17-8-3-1-4-9-17)16-21(20)19-10-5-2-6-11-19;/h1-6,8-11,18,20,22H,7,12-16H2;1H. The fraction of sp³-hybridized carbons (Fsp3) is 0.400. The second kappa shape index (κ2) is 8.95. The number of nitrogens with zero attached hydrogens (tertiary/aromatic N) is 1. The lowest BCUT2D eigenvalue weighted by atomic mass is 9.85. The number of aliphatic hydroxyl groups is 1. The van der Waals surface area contributed by atoms with Crippen LogP contribution in [0.5, 0.6) is 0 Å². The SMILES string of the molecule is Cl.OCCCC1CCC(c2ccccc2)CN1c1ccccc1. The number of halogens is 1.